The van der Waals surface area contributed by atoms with Gasteiger partial charge in [0.15, 0.2) is 5.17 Å². The molecule has 1 aromatic rings. The SMILES string of the molecule is O=C(CC1SC(=NC2CCCCC2)NC1=O)Nc1ccccc1Cl.O=C(O)C(F)(F)F. The van der Waals surface area contributed by atoms with Gasteiger partial charge in [0.2, 0.25) is 11.8 Å². The quantitative estimate of drug-likeness (QED) is 0.599. The van der Waals surface area contributed by atoms with Gasteiger partial charge in [0.05, 0.1) is 16.8 Å². The topological polar surface area (TPSA) is 108 Å². The number of anilines is 1. The molecule has 0 radical (unpaired) electrons. The number of hydrogen-bond donors (Lipinski definition) is 3. The fourth-order valence-electron chi connectivity index (χ4n) is 2.91. The molecule has 1 saturated heterocycles. The second-order valence-corrected chi connectivity index (χ2v) is 8.46. The van der Waals surface area contributed by atoms with Crippen molar-refractivity contribution in [2.24, 2.45) is 4.99 Å². The fraction of sp³-hybridized carbons (Fsp3) is 0.474. The predicted molar refractivity (Wildman–Crippen MR) is 112 cm³/mol. The van der Waals surface area contributed by atoms with Crippen molar-refractivity contribution >= 4 is 52.0 Å². The van der Waals surface area contributed by atoms with Crippen molar-refractivity contribution < 1.29 is 32.7 Å². The number of halogens is 4. The standard InChI is InChI=1S/C17H20ClN3O2S.C2HF3O2/c18-12-8-4-5-9-13(12)20-15(22)10-14-16(23)21-17(24-14)19-11-6-2-1-3-7-11;3-2(4,5)1(6)7/h4-5,8-9,11,14H,1-3,6-7,10H2,(H,20,22)(H,19,21,23);(H,6,7). The van der Waals surface area contributed by atoms with E-state index in [0.29, 0.717) is 21.9 Å². The second-order valence-electron chi connectivity index (χ2n) is 6.86. The molecule has 0 bridgehead atoms. The number of hydrogen-bond acceptors (Lipinski definition) is 5. The lowest BCUT2D eigenvalue weighted by Gasteiger charge is -2.17. The summed E-state index contributed by atoms with van der Waals surface area (Å²) < 4.78 is 31.7. The highest BCUT2D eigenvalue weighted by atomic mass is 35.5. The van der Waals surface area contributed by atoms with Crippen LogP contribution in [0.2, 0.25) is 5.02 Å². The Morgan fingerprint density at radius 1 is 1.23 bits per heavy atom. The summed E-state index contributed by atoms with van der Waals surface area (Å²) in [5.74, 6) is -3.13. The van der Waals surface area contributed by atoms with Crippen LogP contribution in [0.25, 0.3) is 0 Å². The molecule has 1 unspecified atom stereocenters. The van der Waals surface area contributed by atoms with Crippen LogP contribution in [0, 0.1) is 0 Å². The van der Waals surface area contributed by atoms with Gasteiger partial charge >= 0.3 is 12.1 Å². The first-order valence-electron chi connectivity index (χ1n) is 9.46. The Balaban J connectivity index is 0.000000423. The number of para-hydroxylation sites is 1. The minimum Gasteiger partial charge on any atom is -0.475 e. The third kappa shape index (κ3) is 8.41. The van der Waals surface area contributed by atoms with Gasteiger partial charge in [0, 0.05) is 6.42 Å². The van der Waals surface area contributed by atoms with Crippen molar-refractivity contribution in [3.63, 3.8) is 0 Å². The lowest BCUT2D eigenvalue weighted by molar-refractivity contribution is -0.192. The molecule has 1 aromatic carbocycles. The smallest absolute Gasteiger partial charge is 0.475 e. The summed E-state index contributed by atoms with van der Waals surface area (Å²) in [6, 6.07) is 7.35. The summed E-state index contributed by atoms with van der Waals surface area (Å²) in [5.41, 5.74) is 0.559. The van der Waals surface area contributed by atoms with Gasteiger partial charge in [-0.15, -0.1) is 0 Å². The molecule has 3 N–H and O–H groups in total. The molecule has 1 aliphatic carbocycles. The first-order chi connectivity index (χ1) is 14.6. The summed E-state index contributed by atoms with van der Waals surface area (Å²) in [6.45, 7) is 0. The Morgan fingerprint density at radius 2 is 1.84 bits per heavy atom. The van der Waals surface area contributed by atoms with Crippen LogP contribution in [0.15, 0.2) is 29.3 Å². The highest BCUT2D eigenvalue weighted by Crippen LogP contribution is 2.27. The highest BCUT2D eigenvalue weighted by Gasteiger charge is 2.38. The maximum atomic E-state index is 12.2. The number of carboxylic acid groups (broad SMARTS) is 1. The molecular formula is C19H21ClF3N3O4S. The Bertz CT molecular complexity index is 845. The van der Waals surface area contributed by atoms with Gasteiger partial charge in [-0.2, -0.15) is 13.2 Å². The van der Waals surface area contributed by atoms with Gasteiger partial charge in [-0.05, 0) is 25.0 Å². The Labute approximate surface area is 185 Å². The van der Waals surface area contributed by atoms with Crippen LogP contribution in [0.1, 0.15) is 38.5 Å². The number of carbonyl (C=O) groups excluding carboxylic acids is 2. The molecule has 1 heterocycles. The number of aliphatic carboxylic acids is 1. The van der Waals surface area contributed by atoms with Gasteiger partial charge in [-0.1, -0.05) is 54.8 Å². The van der Waals surface area contributed by atoms with Gasteiger partial charge in [0.1, 0.15) is 5.25 Å². The van der Waals surface area contributed by atoms with Crippen LogP contribution >= 0.6 is 23.4 Å². The average molecular weight is 480 g/mol. The first-order valence-corrected chi connectivity index (χ1v) is 10.7. The number of nitrogens with one attached hydrogen (secondary N) is 2. The minimum atomic E-state index is -5.08. The number of benzene rings is 1. The zero-order valence-electron chi connectivity index (χ0n) is 16.2. The van der Waals surface area contributed by atoms with E-state index in [9.17, 15) is 22.8 Å². The van der Waals surface area contributed by atoms with Crippen molar-refractivity contribution in [3.8, 4) is 0 Å². The Hall–Kier alpha value is -2.27. The van der Waals surface area contributed by atoms with Crippen molar-refractivity contribution in [1.29, 1.82) is 0 Å². The lowest BCUT2D eigenvalue weighted by Crippen LogP contribution is -2.28. The number of carbonyl (C=O) groups is 3. The number of rotatable bonds is 4. The number of amides is 2. The molecule has 2 amide bonds. The molecule has 3 rings (SSSR count). The van der Waals surface area contributed by atoms with Crippen molar-refractivity contribution in [3.05, 3.63) is 29.3 Å². The van der Waals surface area contributed by atoms with E-state index in [0.717, 1.165) is 12.8 Å². The highest BCUT2D eigenvalue weighted by molar-refractivity contribution is 8.15. The van der Waals surface area contributed by atoms with Crippen LogP contribution in [0.5, 0.6) is 0 Å². The number of carboxylic acids is 1. The number of thioether (sulfide) groups is 1. The molecule has 12 heteroatoms. The Kier molecular flexibility index (Phi) is 9.17. The summed E-state index contributed by atoms with van der Waals surface area (Å²) in [5, 5.41) is 13.4. The van der Waals surface area contributed by atoms with E-state index in [-0.39, 0.29) is 18.2 Å². The molecule has 31 heavy (non-hydrogen) atoms. The molecular weight excluding hydrogens is 459 g/mol. The van der Waals surface area contributed by atoms with Crippen molar-refractivity contribution in [2.75, 3.05) is 5.32 Å². The summed E-state index contributed by atoms with van der Waals surface area (Å²) in [7, 11) is 0. The number of amidine groups is 1. The van der Waals surface area contributed by atoms with Crippen LogP contribution in [-0.2, 0) is 14.4 Å². The molecule has 7 nitrogen and oxygen atoms in total. The predicted octanol–water partition coefficient (Wildman–Crippen LogP) is 4.22. The molecule has 0 spiro atoms. The molecule has 2 fully saturated rings. The van der Waals surface area contributed by atoms with Crippen LogP contribution in [0.3, 0.4) is 0 Å². The molecule has 0 aromatic heterocycles. The summed E-state index contributed by atoms with van der Waals surface area (Å²) in [4.78, 5) is 37.8. The average Bonchev–Trinajstić information content (AvgIpc) is 3.03. The van der Waals surface area contributed by atoms with Crippen molar-refractivity contribution in [1.82, 2.24) is 5.32 Å². The van der Waals surface area contributed by atoms with Crippen LogP contribution in [-0.4, -0.2) is 45.5 Å². The molecule has 1 atom stereocenters. The van der Waals surface area contributed by atoms with E-state index >= 15 is 0 Å². The summed E-state index contributed by atoms with van der Waals surface area (Å²) in [6.07, 6.45) is 0.847. The molecule has 170 valence electrons. The number of nitrogens with zero attached hydrogens (tertiary/aromatic N) is 1. The van der Waals surface area contributed by atoms with Crippen molar-refractivity contribution in [2.45, 2.75) is 56.0 Å². The molecule has 1 aliphatic heterocycles. The van der Waals surface area contributed by atoms with E-state index in [2.05, 4.69) is 15.6 Å². The van der Waals surface area contributed by atoms with Crippen LogP contribution in [0.4, 0.5) is 18.9 Å². The van der Waals surface area contributed by atoms with Gasteiger partial charge in [0.25, 0.3) is 0 Å². The van der Waals surface area contributed by atoms with E-state index in [1.54, 1.807) is 24.3 Å². The van der Waals surface area contributed by atoms with E-state index in [1.807, 2.05) is 0 Å². The van der Waals surface area contributed by atoms with E-state index in [1.165, 1.54) is 31.0 Å². The molecule has 1 saturated carbocycles. The van der Waals surface area contributed by atoms with Gasteiger partial charge < -0.3 is 15.7 Å². The first kappa shape index (κ1) is 25.0. The number of aliphatic imine (C=N–C) groups is 1. The monoisotopic (exact) mass is 479 g/mol. The molecule has 2 aliphatic rings. The summed E-state index contributed by atoms with van der Waals surface area (Å²) >= 11 is 7.38. The fourth-order valence-corrected chi connectivity index (χ4v) is 4.13. The van der Waals surface area contributed by atoms with Crippen LogP contribution < -0.4 is 10.6 Å². The lowest BCUT2D eigenvalue weighted by atomic mass is 9.96. The van der Waals surface area contributed by atoms with Gasteiger partial charge in [-0.3, -0.25) is 14.6 Å². The largest absolute Gasteiger partial charge is 0.490 e. The maximum absolute atomic E-state index is 12.2. The maximum Gasteiger partial charge on any atom is 0.490 e. The van der Waals surface area contributed by atoms with E-state index in [4.69, 9.17) is 21.5 Å². The normalized spacial score (nSPS) is 20.6. The third-order valence-electron chi connectivity index (χ3n) is 4.41. The zero-order valence-corrected chi connectivity index (χ0v) is 17.8. The Morgan fingerprint density at radius 3 is 2.42 bits per heavy atom. The van der Waals surface area contributed by atoms with E-state index < -0.39 is 17.4 Å². The zero-order chi connectivity index (χ0) is 23.0. The van der Waals surface area contributed by atoms with Gasteiger partial charge in [-0.25, -0.2) is 4.79 Å². The minimum absolute atomic E-state index is 0.103. The number of alkyl halides is 3. The third-order valence-corrected chi connectivity index (χ3v) is 5.84. The second kappa shape index (κ2) is 11.4.